The molecule has 1 atom stereocenters. The van der Waals surface area contributed by atoms with Gasteiger partial charge in [-0.15, -0.1) is 0 Å². The lowest BCUT2D eigenvalue weighted by atomic mass is 10.0. The second-order valence-corrected chi connectivity index (χ2v) is 15.8. The van der Waals surface area contributed by atoms with Crippen molar-refractivity contribution < 1.29 is 24.2 Å². The molecule has 0 aromatic rings. The number of allylic oxidation sites excluding steroid dienone is 6. The van der Waals surface area contributed by atoms with E-state index in [0.29, 0.717) is 12.8 Å². The first-order chi connectivity index (χ1) is 26.6. The topological polar surface area (TPSA) is 72.8 Å². The second-order valence-electron chi connectivity index (χ2n) is 15.8. The van der Waals surface area contributed by atoms with E-state index in [2.05, 4.69) is 50.3 Å². The summed E-state index contributed by atoms with van der Waals surface area (Å²) in [6.45, 7) is 4.14. The number of unbranched alkanes of at least 4 members (excludes halogenated alkanes) is 29. The van der Waals surface area contributed by atoms with Crippen molar-refractivity contribution in [3.05, 3.63) is 36.5 Å². The van der Waals surface area contributed by atoms with Gasteiger partial charge >= 0.3 is 11.9 Å². The summed E-state index contributed by atoms with van der Waals surface area (Å²) < 4.78 is 10.7. The zero-order chi connectivity index (χ0) is 39.3. The molecule has 0 bridgehead atoms. The van der Waals surface area contributed by atoms with Gasteiger partial charge in [0.15, 0.2) is 6.10 Å². The lowest BCUT2D eigenvalue weighted by Gasteiger charge is -2.15. The third-order valence-electron chi connectivity index (χ3n) is 10.4. The Balaban J connectivity index is 3.51. The van der Waals surface area contributed by atoms with E-state index in [1.807, 2.05) is 0 Å². The summed E-state index contributed by atoms with van der Waals surface area (Å²) in [5.41, 5.74) is 0. The molecular formula is C49H90O5. The van der Waals surface area contributed by atoms with Crippen LogP contribution in [0.3, 0.4) is 0 Å². The minimum absolute atomic E-state index is 0.0667. The standard InChI is InChI=1S/C49H90O5/c1-3-5-7-9-11-13-15-17-19-21-22-23-24-25-26-28-30-32-34-36-38-40-42-44-49(52)54-47(45-50)46-53-48(51)43-41-39-37-35-33-31-29-27-20-18-16-14-12-10-8-6-4-2/h15,17-18,20-22,47,50H,3-14,16,19,23-46H2,1-2H3/b17-15-,20-18-,22-21-. The zero-order valence-corrected chi connectivity index (χ0v) is 36.0. The van der Waals surface area contributed by atoms with Gasteiger partial charge in [0.25, 0.3) is 0 Å². The van der Waals surface area contributed by atoms with Crippen molar-refractivity contribution in [1.82, 2.24) is 0 Å². The Hall–Kier alpha value is -1.88. The van der Waals surface area contributed by atoms with Crippen LogP contribution < -0.4 is 0 Å². The predicted octanol–water partition coefficient (Wildman–Crippen LogP) is 15.2. The molecule has 5 nitrogen and oxygen atoms in total. The highest BCUT2D eigenvalue weighted by atomic mass is 16.6. The Bertz CT molecular complexity index is 862. The number of hydrogen-bond donors (Lipinski definition) is 1. The smallest absolute Gasteiger partial charge is 0.306 e. The van der Waals surface area contributed by atoms with Crippen molar-refractivity contribution in [3.63, 3.8) is 0 Å². The van der Waals surface area contributed by atoms with E-state index in [4.69, 9.17) is 9.47 Å². The van der Waals surface area contributed by atoms with Crippen molar-refractivity contribution in [3.8, 4) is 0 Å². The number of ether oxygens (including phenoxy) is 2. The summed E-state index contributed by atoms with van der Waals surface area (Å²) in [6.07, 6.45) is 56.5. The van der Waals surface area contributed by atoms with E-state index in [1.165, 1.54) is 173 Å². The SMILES string of the molecule is CCCCCCC/C=C\C/C=C\CCCCCCCCCCCCCC(=O)OC(CO)COC(=O)CCCCCCCCC/C=C\CCCCCCCC. The fourth-order valence-electron chi connectivity index (χ4n) is 6.82. The molecule has 0 spiro atoms. The number of carbonyl (C=O) groups excluding carboxylic acids is 2. The summed E-state index contributed by atoms with van der Waals surface area (Å²) in [5, 5.41) is 9.60. The Morgan fingerprint density at radius 1 is 0.426 bits per heavy atom. The first-order valence-electron chi connectivity index (χ1n) is 23.5. The van der Waals surface area contributed by atoms with Crippen LogP contribution in [0.4, 0.5) is 0 Å². The molecular weight excluding hydrogens is 669 g/mol. The minimum atomic E-state index is -0.773. The van der Waals surface area contributed by atoms with E-state index in [1.54, 1.807) is 0 Å². The number of rotatable bonds is 43. The van der Waals surface area contributed by atoms with Crippen LogP contribution in [0.25, 0.3) is 0 Å². The normalized spacial score (nSPS) is 12.4. The van der Waals surface area contributed by atoms with Crippen LogP contribution in [0.15, 0.2) is 36.5 Å². The van der Waals surface area contributed by atoms with Crippen LogP contribution in [0.5, 0.6) is 0 Å². The van der Waals surface area contributed by atoms with Crippen molar-refractivity contribution in [1.29, 1.82) is 0 Å². The van der Waals surface area contributed by atoms with Gasteiger partial charge < -0.3 is 14.6 Å². The van der Waals surface area contributed by atoms with Gasteiger partial charge in [-0.05, 0) is 70.6 Å². The molecule has 54 heavy (non-hydrogen) atoms. The summed E-state index contributed by atoms with van der Waals surface area (Å²) in [4.78, 5) is 24.4. The Kier molecular flexibility index (Phi) is 43.9. The summed E-state index contributed by atoms with van der Waals surface area (Å²) in [6, 6.07) is 0. The zero-order valence-electron chi connectivity index (χ0n) is 36.0. The molecule has 1 N–H and O–H groups in total. The van der Waals surface area contributed by atoms with Crippen LogP contribution in [0, 0.1) is 0 Å². The number of aliphatic hydroxyl groups excluding tert-OH is 1. The maximum absolute atomic E-state index is 12.2. The van der Waals surface area contributed by atoms with Crippen LogP contribution in [-0.2, 0) is 19.1 Å². The van der Waals surface area contributed by atoms with Gasteiger partial charge in [0.1, 0.15) is 6.61 Å². The summed E-state index contributed by atoms with van der Waals surface area (Å²) >= 11 is 0. The molecule has 0 aromatic heterocycles. The average molecular weight is 759 g/mol. The molecule has 1 unspecified atom stereocenters. The molecule has 0 radical (unpaired) electrons. The van der Waals surface area contributed by atoms with Gasteiger partial charge in [0, 0.05) is 12.8 Å². The maximum Gasteiger partial charge on any atom is 0.306 e. The molecule has 0 saturated carbocycles. The monoisotopic (exact) mass is 759 g/mol. The Morgan fingerprint density at radius 3 is 1.11 bits per heavy atom. The lowest BCUT2D eigenvalue weighted by molar-refractivity contribution is -0.161. The summed E-state index contributed by atoms with van der Waals surface area (Å²) in [7, 11) is 0. The van der Waals surface area contributed by atoms with Gasteiger partial charge in [-0.2, -0.15) is 0 Å². The minimum Gasteiger partial charge on any atom is -0.462 e. The number of aliphatic hydroxyl groups is 1. The first kappa shape index (κ1) is 52.1. The first-order valence-corrected chi connectivity index (χ1v) is 23.5. The molecule has 5 heteroatoms. The molecule has 0 aliphatic heterocycles. The highest BCUT2D eigenvalue weighted by molar-refractivity contribution is 5.70. The van der Waals surface area contributed by atoms with Crippen LogP contribution >= 0.6 is 0 Å². The molecule has 0 aliphatic rings. The number of hydrogen-bond acceptors (Lipinski definition) is 5. The quantitative estimate of drug-likeness (QED) is 0.0381. The third-order valence-corrected chi connectivity index (χ3v) is 10.4. The van der Waals surface area contributed by atoms with Gasteiger partial charge in [-0.25, -0.2) is 0 Å². The van der Waals surface area contributed by atoms with Crippen LogP contribution in [-0.4, -0.2) is 36.4 Å². The van der Waals surface area contributed by atoms with Crippen molar-refractivity contribution in [2.24, 2.45) is 0 Å². The Labute approximate surface area is 336 Å². The highest BCUT2D eigenvalue weighted by Gasteiger charge is 2.16. The largest absolute Gasteiger partial charge is 0.462 e. The van der Waals surface area contributed by atoms with E-state index >= 15 is 0 Å². The molecule has 0 amide bonds. The molecule has 0 saturated heterocycles. The molecule has 316 valence electrons. The lowest BCUT2D eigenvalue weighted by Crippen LogP contribution is -2.28. The van der Waals surface area contributed by atoms with E-state index in [0.717, 1.165) is 44.9 Å². The van der Waals surface area contributed by atoms with Gasteiger partial charge in [-0.1, -0.05) is 198 Å². The van der Waals surface area contributed by atoms with Crippen LogP contribution in [0.2, 0.25) is 0 Å². The highest BCUT2D eigenvalue weighted by Crippen LogP contribution is 2.15. The van der Waals surface area contributed by atoms with E-state index < -0.39 is 6.10 Å². The maximum atomic E-state index is 12.2. The van der Waals surface area contributed by atoms with Gasteiger partial charge in [0.2, 0.25) is 0 Å². The number of esters is 2. The van der Waals surface area contributed by atoms with E-state index in [-0.39, 0.29) is 25.2 Å². The molecule has 0 aromatic carbocycles. The van der Waals surface area contributed by atoms with Crippen molar-refractivity contribution >= 4 is 11.9 Å². The second kappa shape index (κ2) is 45.5. The molecule has 0 aliphatic carbocycles. The average Bonchev–Trinajstić information content (AvgIpc) is 3.17. The Morgan fingerprint density at radius 2 is 0.741 bits per heavy atom. The van der Waals surface area contributed by atoms with Crippen molar-refractivity contribution in [2.75, 3.05) is 13.2 Å². The number of carbonyl (C=O) groups is 2. The molecule has 0 heterocycles. The van der Waals surface area contributed by atoms with E-state index in [9.17, 15) is 14.7 Å². The fraction of sp³-hybridized carbons (Fsp3) is 0.837. The fourth-order valence-corrected chi connectivity index (χ4v) is 6.82. The third kappa shape index (κ3) is 42.9. The van der Waals surface area contributed by atoms with Gasteiger partial charge in [0.05, 0.1) is 6.61 Å². The molecule has 0 fully saturated rings. The van der Waals surface area contributed by atoms with Crippen molar-refractivity contribution in [2.45, 2.75) is 251 Å². The van der Waals surface area contributed by atoms with Crippen LogP contribution in [0.1, 0.15) is 245 Å². The van der Waals surface area contributed by atoms with Gasteiger partial charge in [-0.3, -0.25) is 9.59 Å². The summed E-state index contributed by atoms with van der Waals surface area (Å²) in [5.74, 6) is -0.590. The molecule has 0 rings (SSSR count). The predicted molar refractivity (Wildman–Crippen MR) is 233 cm³/mol.